The fourth-order valence-corrected chi connectivity index (χ4v) is 3.37. The van der Waals surface area contributed by atoms with Gasteiger partial charge in [-0.05, 0) is 43.2 Å². The topological polar surface area (TPSA) is 46.3 Å². The van der Waals surface area contributed by atoms with Crippen molar-refractivity contribution in [3.05, 3.63) is 21.9 Å². The Kier molecular flexibility index (Phi) is 3.84. The summed E-state index contributed by atoms with van der Waals surface area (Å²) in [5.41, 5.74) is 7.13. The summed E-state index contributed by atoms with van der Waals surface area (Å²) in [5, 5.41) is 2.08. The van der Waals surface area contributed by atoms with Crippen LogP contribution >= 0.6 is 11.3 Å². The molecule has 0 radical (unpaired) electrons. The molecule has 94 valence electrons. The molecule has 1 amide bonds. The van der Waals surface area contributed by atoms with Crippen LogP contribution in [0.25, 0.3) is 0 Å². The molecule has 1 aliphatic rings. The minimum Gasteiger partial charge on any atom is -0.340 e. The average molecular weight is 252 g/mol. The summed E-state index contributed by atoms with van der Waals surface area (Å²) in [7, 11) is 1.89. The molecule has 4 heteroatoms. The first kappa shape index (κ1) is 12.6. The number of thiophene rings is 1. The van der Waals surface area contributed by atoms with Crippen LogP contribution in [0.1, 0.15) is 29.7 Å². The second kappa shape index (κ2) is 5.19. The first-order valence-electron chi connectivity index (χ1n) is 6.11. The van der Waals surface area contributed by atoms with Gasteiger partial charge in [0.1, 0.15) is 0 Å². The van der Waals surface area contributed by atoms with E-state index in [0.717, 1.165) is 25.8 Å². The van der Waals surface area contributed by atoms with Crippen LogP contribution < -0.4 is 5.73 Å². The van der Waals surface area contributed by atoms with Gasteiger partial charge in [0.05, 0.1) is 6.54 Å². The molecule has 1 aliphatic carbocycles. The molecule has 0 bridgehead atoms. The zero-order valence-corrected chi connectivity index (χ0v) is 11.3. The second-order valence-corrected chi connectivity index (χ2v) is 5.99. The lowest BCUT2D eigenvalue weighted by molar-refractivity contribution is -0.134. The van der Waals surface area contributed by atoms with E-state index in [-0.39, 0.29) is 17.9 Å². The van der Waals surface area contributed by atoms with Crippen molar-refractivity contribution < 1.29 is 4.79 Å². The molecular formula is C13H20N2OS. The molecule has 17 heavy (non-hydrogen) atoms. The number of amides is 1. The van der Waals surface area contributed by atoms with Gasteiger partial charge in [-0.2, -0.15) is 0 Å². The Morgan fingerprint density at radius 3 is 2.88 bits per heavy atom. The van der Waals surface area contributed by atoms with Gasteiger partial charge in [0, 0.05) is 23.9 Å². The number of aryl methyl sites for hydroxylation is 1. The van der Waals surface area contributed by atoms with Gasteiger partial charge in [-0.1, -0.05) is 0 Å². The van der Waals surface area contributed by atoms with Crippen LogP contribution in [0.3, 0.4) is 0 Å². The lowest BCUT2D eigenvalue weighted by atomic mass is 10.1. The van der Waals surface area contributed by atoms with Crippen molar-refractivity contribution in [1.82, 2.24) is 4.90 Å². The van der Waals surface area contributed by atoms with Crippen molar-refractivity contribution >= 4 is 17.2 Å². The quantitative estimate of drug-likeness (QED) is 0.896. The maximum atomic E-state index is 12.2. The molecular weight excluding hydrogens is 232 g/mol. The zero-order chi connectivity index (χ0) is 12.4. The molecule has 1 saturated carbocycles. The maximum absolute atomic E-state index is 12.2. The molecule has 0 aromatic carbocycles. The van der Waals surface area contributed by atoms with Gasteiger partial charge in [0.15, 0.2) is 0 Å². The van der Waals surface area contributed by atoms with Crippen molar-refractivity contribution in [2.75, 3.05) is 7.05 Å². The van der Waals surface area contributed by atoms with Crippen molar-refractivity contribution in [2.45, 2.75) is 38.8 Å². The maximum Gasteiger partial charge on any atom is 0.225 e. The van der Waals surface area contributed by atoms with E-state index in [0.29, 0.717) is 0 Å². The monoisotopic (exact) mass is 252 g/mol. The molecule has 2 atom stereocenters. The fraction of sp³-hybridized carbons (Fsp3) is 0.615. The predicted octanol–water partition coefficient (Wildman–Crippen LogP) is 2.14. The molecule has 2 N–H and O–H groups in total. The average Bonchev–Trinajstić information content (AvgIpc) is 2.88. The number of rotatable bonds is 3. The highest BCUT2D eigenvalue weighted by molar-refractivity contribution is 7.10. The number of carbonyl (C=O) groups excluding carboxylic acids is 1. The lowest BCUT2D eigenvalue weighted by Crippen LogP contribution is -2.32. The predicted molar refractivity (Wildman–Crippen MR) is 70.8 cm³/mol. The Morgan fingerprint density at radius 1 is 1.59 bits per heavy atom. The summed E-state index contributed by atoms with van der Waals surface area (Å²) < 4.78 is 0. The largest absolute Gasteiger partial charge is 0.340 e. The Bertz CT molecular complexity index is 402. The summed E-state index contributed by atoms with van der Waals surface area (Å²) in [6.45, 7) is 2.82. The van der Waals surface area contributed by atoms with Gasteiger partial charge in [0.25, 0.3) is 0 Å². The standard InChI is InChI=1S/C13H20N2OS/c1-9-5-6-17-12(9)8-15(2)13(16)10-3-4-11(14)7-10/h5-6,10-11H,3-4,7-8,14H2,1-2H3. The van der Waals surface area contributed by atoms with Crippen LogP contribution in [0.5, 0.6) is 0 Å². The van der Waals surface area contributed by atoms with E-state index in [1.165, 1.54) is 10.4 Å². The van der Waals surface area contributed by atoms with Crippen LogP contribution in [0, 0.1) is 12.8 Å². The minimum atomic E-state index is 0.148. The van der Waals surface area contributed by atoms with Gasteiger partial charge in [-0.3, -0.25) is 4.79 Å². The number of carbonyl (C=O) groups is 1. The number of nitrogens with two attached hydrogens (primary N) is 1. The van der Waals surface area contributed by atoms with E-state index >= 15 is 0 Å². The Hall–Kier alpha value is -0.870. The van der Waals surface area contributed by atoms with Crippen LogP contribution in [-0.2, 0) is 11.3 Å². The highest BCUT2D eigenvalue weighted by atomic mass is 32.1. The Morgan fingerprint density at radius 2 is 2.35 bits per heavy atom. The van der Waals surface area contributed by atoms with Crippen molar-refractivity contribution in [3.8, 4) is 0 Å². The minimum absolute atomic E-state index is 0.148. The fourth-order valence-electron chi connectivity index (χ4n) is 2.41. The summed E-state index contributed by atoms with van der Waals surface area (Å²) in [4.78, 5) is 15.3. The second-order valence-electron chi connectivity index (χ2n) is 4.99. The molecule has 2 unspecified atom stereocenters. The van der Waals surface area contributed by atoms with Gasteiger partial charge in [-0.25, -0.2) is 0 Å². The number of nitrogens with zero attached hydrogens (tertiary/aromatic N) is 1. The van der Waals surface area contributed by atoms with Crippen molar-refractivity contribution in [1.29, 1.82) is 0 Å². The summed E-state index contributed by atoms with van der Waals surface area (Å²) in [6.07, 6.45) is 2.79. The van der Waals surface area contributed by atoms with E-state index in [4.69, 9.17) is 5.73 Å². The normalized spacial score (nSPS) is 23.9. The van der Waals surface area contributed by atoms with Crippen LogP contribution in [-0.4, -0.2) is 23.9 Å². The molecule has 1 fully saturated rings. The smallest absolute Gasteiger partial charge is 0.225 e. The van der Waals surface area contributed by atoms with E-state index in [1.807, 2.05) is 11.9 Å². The van der Waals surface area contributed by atoms with Crippen molar-refractivity contribution in [3.63, 3.8) is 0 Å². The summed E-state index contributed by atoms with van der Waals surface area (Å²) in [5.74, 6) is 0.404. The first-order chi connectivity index (χ1) is 8.08. The molecule has 0 spiro atoms. The molecule has 1 heterocycles. The van der Waals surface area contributed by atoms with Crippen LogP contribution in [0.4, 0.5) is 0 Å². The summed E-state index contributed by atoms with van der Waals surface area (Å²) >= 11 is 1.72. The molecule has 2 rings (SSSR count). The van der Waals surface area contributed by atoms with Gasteiger partial charge in [-0.15, -0.1) is 11.3 Å². The van der Waals surface area contributed by atoms with Crippen molar-refractivity contribution in [2.24, 2.45) is 11.7 Å². The zero-order valence-electron chi connectivity index (χ0n) is 10.5. The number of hydrogen-bond donors (Lipinski definition) is 1. The third-order valence-corrected chi connectivity index (χ3v) is 4.56. The van der Waals surface area contributed by atoms with E-state index in [2.05, 4.69) is 18.4 Å². The number of hydrogen-bond acceptors (Lipinski definition) is 3. The Balaban J connectivity index is 1.94. The third-order valence-electron chi connectivity index (χ3n) is 3.55. The van der Waals surface area contributed by atoms with Crippen LogP contribution in [0.15, 0.2) is 11.4 Å². The van der Waals surface area contributed by atoms with E-state index in [1.54, 1.807) is 11.3 Å². The molecule has 0 saturated heterocycles. The third kappa shape index (κ3) is 2.87. The van der Waals surface area contributed by atoms with Gasteiger partial charge in [0.2, 0.25) is 5.91 Å². The highest BCUT2D eigenvalue weighted by Crippen LogP contribution is 2.27. The van der Waals surface area contributed by atoms with Crippen LogP contribution in [0.2, 0.25) is 0 Å². The van der Waals surface area contributed by atoms with Gasteiger partial charge >= 0.3 is 0 Å². The first-order valence-corrected chi connectivity index (χ1v) is 6.99. The SMILES string of the molecule is Cc1ccsc1CN(C)C(=O)C1CCC(N)C1. The highest BCUT2D eigenvalue weighted by Gasteiger charge is 2.29. The summed E-state index contributed by atoms with van der Waals surface area (Å²) in [6, 6.07) is 2.32. The molecule has 1 aromatic rings. The molecule has 3 nitrogen and oxygen atoms in total. The lowest BCUT2D eigenvalue weighted by Gasteiger charge is -2.20. The molecule has 0 aliphatic heterocycles. The van der Waals surface area contributed by atoms with E-state index in [9.17, 15) is 4.79 Å². The van der Waals surface area contributed by atoms with E-state index < -0.39 is 0 Å². The van der Waals surface area contributed by atoms with Gasteiger partial charge < -0.3 is 10.6 Å². The Labute approximate surface area is 107 Å². The molecule has 1 aromatic heterocycles.